The Morgan fingerprint density at radius 1 is 1.55 bits per heavy atom. The first kappa shape index (κ1) is 6.88. The van der Waals surface area contributed by atoms with Crippen LogP contribution in [-0.4, -0.2) is 10.2 Å². The number of hydrogen-bond donors (Lipinski definition) is 1. The average molecular weight is 184 g/mol. The lowest BCUT2D eigenvalue weighted by Gasteiger charge is -1.83. The Morgan fingerprint density at radius 2 is 2.45 bits per heavy atom. The van der Waals surface area contributed by atoms with Gasteiger partial charge in [0.15, 0.2) is 0 Å². The number of halogens is 1. The summed E-state index contributed by atoms with van der Waals surface area (Å²) in [4.78, 5) is 1.06. The topological polar surface area (TPSA) is 28.7 Å². The van der Waals surface area contributed by atoms with E-state index < -0.39 is 0 Å². The summed E-state index contributed by atoms with van der Waals surface area (Å²) in [6.07, 6.45) is 2.76. The summed E-state index contributed by atoms with van der Waals surface area (Å²) in [5.41, 5.74) is 0.891. The third-order valence-electron chi connectivity index (χ3n) is 1.28. The van der Waals surface area contributed by atoms with Crippen molar-refractivity contribution in [3.05, 3.63) is 28.7 Å². The molecule has 0 saturated heterocycles. The maximum atomic E-state index is 5.75. The van der Waals surface area contributed by atoms with Gasteiger partial charge < -0.3 is 0 Å². The second kappa shape index (κ2) is 2.68. The third kappa shape index (κ3) is 1.29. The summed E-state index contributed by atoms with van der Waals surface area (Å²) in [5, 5.41) is 6.60. The minimum atomic E-state index is 0.781. The van der Waals surface area contributed by atoms with Crippen LogP contribution in [0.5, 0.6) is 0 Å². The molecule has 1 N–H and O–H groups in total. The first-order valence-electron chi connectivity index (χ1n) is 3.03. The lowest BCUT2D eigenvalue weighted by Crippen LogP contribution is -1.69. The van der Waals surface area contributed by atoms with Crippen molar-refractivity contribution in [1.29, 1.82) is 0 Å². The molecule has 55 valence electrons. The van der Waals surface area contributed by atoms with Crippen LogP contribution in [0, 0.1) is 6.20 Å². The molecule has 0 saturated carbocycles. The Bertz CT molecular complexity index is 339. The lowest BCUT2D eigenvalue weighted by molar-refractivity contribution is 1.09. The molecule has 2 aromatic rings. The fourth-order valence-electron chi connectivity index (χ4n) is 0.804. The maximum absolute atomic E-state index is 5.75. The van der Waals surface area contributed by atoms with Crippen LogP contribution in [0.4, 0.5) is 0 Å². The van der Waals surface area contributed by atoms with E-state index in [1.54, 1.807) is 6.07 Å². The molecule has 2 heterocycles. The summed E-state index contributed by atoms with van der Waals surface area (Å²) in [6, 6.07) is 5.59. The summed E-state index contributed by atoms with van der Waals surface area (Å²) in [7, 11) is 0. The Hall–Kier alpha value is -0.800. The van der Waals surface area contributed by atoms with Gasteiger partial charge in [-0.05, 0) is 18.2 Å². The fraction of sp³-hybridized carbons (Fsp3) is 0. The second-order valence-corrected chi connectivity index (χ2v) is 3.72. The molecule has 4 heteroatoms. The number of rotatable bonds is 1. The van der Waals surface area contributed by atoms with Crippen LogP contribution in [0.15, 0.2) is 18.2 Å². The molecule has 0 aliphatic heterocycles. The SMILES string of the molecule is Clc1ccc(-c2c[c][nH]n2)s1. The van der Waals surface area contributed by atoms with Gasteiger partial charge in [-0.15, -0.1) is 11.3 Å². The van der Waals surface area contributed by atoms with Crippen LogP contribution < -0.4 is 0 Å². The zero-order chi connectivity index (χ0) is 7.68. The van der Waals surface area contributed by atoms with E-state index in [0.717, 1.165) is 14.9 Å². The zero-order valence-corrected chi connectivity index (χ0v) is 7.04. The van der Waals surface area contributed by atoms with Crippen molar-refractivity contribution in [2.24, 2.45) is 0 Å². The molecule has 2 aromatic heterocycles. The Kier molecular flexibility index (Phi) is 1.68. The molecular weight excluding hydrogens is 180 g/mol. The molecule has 0 aliphatic carbocycles. The quantitative estimate of drug-likeness (QED) is 0.724. The van der Waals surface area contributed by atoms with Crippen molar-refractivity contribution in [3.63, 3.8) is 0 Å². The van der Waals surface area contributed by atoms with E-state index in [-0.39, 0.29) is 0 Å². The van der Waals surface area contributed by atoms with E-state index in [1.807, 2.05) is 12.1 Å². The highest BCUT2D eigenvalue weighted by atomic mass is 35.5. The Balaban J connectivity index is 2.45. The molecule has 2 nitrogen and oxygen atoms in total. The van der Waals surface area contributed by atoms with Gasteiger partial charge in [-0.2, -0.15) is 5.10 Å². The van der Waals surface area contributed by atoms with E-state index in [1.165, 1.54) is 11.3 Å². The molecule has 0 atom stereocenters. The van der Waals surface area contributed by atoms with Gasteiger partial charge >= 0.3 is 0 Å². The largest absolute Gasteiger partial charge is 0.276 e. The van der Waals surface area contributed by atoms with Crippen molar-refractivity contribution in [3.8, 4) is 10.6 Å². The van der Waals surface area contributed by atoms with E-state index in [0.29, 0.717) is 0 Å². The lowest BCUT2D eigenvalue weighted by atomic mass is 10.3. The molecule has 1 radical (unpaired) electrons. The van der Waals surface area contributed by atoms with Gasteiger partial charge in [-0.3, -0.25) is 5.10 Å². The van der Waals surface area contributed by atoms with E-state index in [4.69, 9.17) is 11.6 Å². The number of aromatic amines is 1. The molecular formula is C7H4ClN2S. The summed E-state index contributed by atoms with van der Waals surface area (Å²) in [5.74, 6) is 0. The van der Waals surface area contributed by atoms with Crippen molar-refractivity contribution in [2.75, 3.05) is 0 Å². The minimum absolute atomic E-state index is 0.781. The molecule has 0 aliphatic rings. The normalized spacial score (nSPS) is 10.3. The van der Waals surface area contributed by atoms with Crippen LogP contribution in [-0.2, 0) is 0 Å². The number of hydrogen-bond acceptors (Lipinski definition) is 2. The highest BCUT2D eigenvalue weighted by molar-refractivity contribution is 7.19. The van der Waals surface area contributed by atoms with Crippen LogP contribution >= 0.6 is 22.9 Å². The summed E-state index contributed by atoms with van der Waals surface area (Å²) >= 11 is 7.26. The summed E-state index contributed by atoms with van der Waals surface area (Å²) < 4.78 is 0.781. The van der Waals surface area contributed by atoms with Gasteiger partial charge in [0.05, 0.1) is 15.4 Å². The predicted octanol–water partition coefficient (Wildman–Crippen LogP) is 2.59. The highest BCUT2D eigenvalue weighted by Gasteiger charge is 2.01. The standard InChI is InChI=1S/C7H4ClN2S/c8-7-2-1-6(11-7)5-3-4-9-10-5/h1-3H,(H,9,10). The average Bonchev–Trinajstić information content (AvgIpc) is 2.55. The minimum Gasteiger partial charge on any atom is -0.276 e. The monoisotopic (exact) mass is 183 g/mol. The third-order valence-corrected chi connectivity index (χ3v) is 2.53. The van der Waals surface area contributed by atoms with Gasteiger partial charge in [0.2, 0.25) is 0 Å². The van der Waals surface area contributed by atoms with E-state index >= 15 is 0 Å². The predicted molar refractivity (Wildman–Crippen MR) is 45.7 cm³/mol. The number of thiophene rings is 1. The van der Waals surface area contributed by atoms with Gasteiger partial charge in [0.25, 0.3) is 0 Å². The molecule has 0 fully saturated rings. The van der Waals surface area contributed by atoms with Crippen molar-refractivity contribution in [1.82, 2.24) is 10.2 Å². The smallest absolute Gasteiger partial charge is 0.103 e. The first-order chi connectivity index (χ1) is 5.36. The van der Waals surface area contributed by atoms with Gasteiger partial charge in [-0.25, -0.2) is 0 Å². The molecule has 2 rings (SSSR count). The second-order valence-electron chi connectivity index (χ2n) is 2.00. The van der Waals surface area contributed by atoms with Crippen LogP contribution in [0.3, 0.4) is 0 Å². The number of aromatic nitrogens is 2. The number of nitrogens with zero attached hydrogens (tertiary/aromatic N) is 1. The molecule has 0 spiro atoms. The molecule has 0 unspecified atom stereocenters. The molecule has 0 bridgehead atoms. The maximum Gasteiger partial charge on any atom is 0.103 e. The van der Waals surface area contributed by atoms with Gasteiger partial charge in [0, 0.05) is 0 Å². The Morgan fingerprint density at radius 3 is 3.00 bits per heavy atom. The molecule has 0 aromatic carbocycles. The van der Waals surface area contributed by atoms with Crippen molar-refractivity contribution in [2.45, 2.75) is 0 Å². The van der Waals surface area contributed by atoms with E-state index in [2.05, 4.69) is 16.4 Å². The van der Waals surface area contributed by atoms with E-state index in [9.17, 15) is 0 Å². The number of H-pyrrole nitrogens is 1. The fourth-order valence-corrected chi connectivity index (χ4v) is 1.81. The van der Waals surface area contributed by atoms with Crippen molar-refractivity contribution < 1.29 is 0 Å². The van der Waals surface area contributed by atoms with Gasteiger partial charge in [0.1, 0.15) is 5.69 Å². The zero-order valence-electron chi connectivity index (χ0n) is 5.47. The molecule has 0 amide bonds. The van der Waals surface area contributed by atoms with Crippen molar-refractivity contribution >= 4 is 22.9 Å². The van der Waals surface area contributed by atoms with Gasteiger partial charge in [-0.1, -0.05) is 11.6 Å². The van der Waals surface area contributed by atoms with Crippen LogP contribution in [0.25, 0.3) is 10.6 Å². The Labute approximate surface area is 72.8 Å². The van der Waals surface area contributed by atoms with Crippen LogP contribution in [0.1, 0.15) is 0 Å². The molecule has 11 heavy (non-hydrogen) atoms. The first-order valence-corrected chi connectivity index (χ1v) is 4.23. The van der Waals surface area contributed by atoms with Crippen LogP contribution in [0.2, 0.25) is 4.34 Å². The number of nitrogens with one attached hydrogen (secondary N) is 1. The summed E-state index contributed by atoms with van der Waals surface area (Å²) in [6.45, 7) is 0. The highest BCUT2D eigenvalue weighted by Crippen LogP contribution is 2.28.